The molecular weight excluding hydrogens is 426 g/mol. The van der Waals surface area contributed by atoms with Gasteiger partial charge in [0.2, 0.25) is 0 Å². The predicted molar refractivity (Wildman–Crippen MR) is 116 cm³/mol. The molecule has 1 aliphatic heterocycles. The van der Waals surface area contributed by atoms with E-state index in [1.807, 2.05) is 6.07 Å². The summed E-state index contributed by atoms with van der Waals surface area (Å²) >= 11 is 4.75. The number of amides is 1. The molecule has 140 valence electrons. The number of carbonyl (C=O) groups is 1. The van der Waals surface area contributed by atoms with Gasteiger partial charge in [0.15, 0.2) is 0 Å². The second-order valence-electron chi connectivity index (χ2n) is 6.52. The van der Waals surface area contributed by atoms with E-state index in [0.717, 1.165) is 53.0 Å². The molecule has 4 rings (SSSR count). The average molecular weight is 446 g/mol. The van der Waals surface area contributed by atoms with Gasteiger partial charge in [0.25, 0.3) is 5.91 Å². The third kappa shape index (κ3) is 3.46. The lowest BCUT2D eigenvalue weighted by molar-refractivity contribution is 0.100. The molecule has 0 unspecified atom stereocenters. The fourth-order valence-electron chi connectivity index (χ4n) is 3.54. The molecule has 3 heterocycles. The van der Waals surface area contributed by atoms with Crippen LogP contribution in [0.3, 0.4) is 0 Å². The van der Waals surface area contributed by atoms with E-state index in [1.54, 1.807) is 6.20 Å². The number of rotatable bonds is 3. The van der Waals surface area contributed by atoms with Crippen molar-refractivity contribution in [2.24, 2.45) is 5.73 Å². The highest BCUT2D eigenvalue weighted by Crippen LogP contribution is 2.38. The Hall–Kier alpha value is -2.32. The molecular formula is C19H20BrN5OS. The lowest BCUT2D eigenvalue weighted by Gasteiger charge is -2.25. The zero-order valence-electron chi connectivity index (χ0n) is 14.7. The maximum absolute atomic E-state index is 11.7. The van der Waals surface area contributed by atoms with Crippen molar-refractivity contribution < 1.29 is 4.79 Å². The van der Waals surface area contributed by atoms with Crippen LogP contribution >= 0.6 is 27.3 Å². The Bertz CT molecular complexity index is 988. The van der Waals surface area contributed by atoms with Crippen molar-refractivity contribution in [3.63, 3.8) is 0 Å². The molecule has 3 aromatic rings. The van der Waals surface area contributed by atoms with Crippen molar-refractivity contribution in [3.8, 4) is 0 Å². The van der Waals surface area contributed by atoms with E-state index in [0.29, 0.717) is 10.6 Å². The van der Waals surface area contributed by atoms with Gasteiger partial charge in [-0.15, -0.1) is 11.3 Å². The number of aromatic nitrogens is 1. The van der Waals surface area contributed by atoms with Gasteiger partial charge in [0.1, 0.15) is 9.71 Å². The largest absolute Gasteiger partial charge is 0.397 e. The molecule has 0 aliphatic carbocycles. The van der Waals surface area contributed by atoms with Gasteiger partial charge < -0.3 is 21.3 Å². The number of nitrogens with two attached hydrogens (primary N) is 2. The van der Waals surface area contributed by atoms with Crippen molar-refractivity contribution in [1.82, 2.24) is 4.98 Å². The Balaban J connectivity index is 1.63. The summed E-state index contributed by atoms with van der Waals surface area (Å²) in [6.45, 7) is 3.71. The molecule has 6 nitrogen and oxygen atoms in total. The van der Waals surface area contributed by atoms with Crippen LogP contribution in [0.25, 0.3) is 10.2 Å². The van der Waals surface area contributed by atoms with Crippen LogP contribution < -0.4 is 21.3 Å². The van der Waals surface area contributed by atoms with Gasteiger partial charge in [-0.05, 0) is 36.8 Å². The lowest BCUT2D eigenvalue weighted by atomic mass is 10.2. The Morgan fingerprint density at radius 2 is 1.78 bits per heavy atom. The fourth-order valence-corrected chi connectivity index (χ4v) is 4.74. The number of thiophene rings is 1. The van der Waals surface area contributed by atoms with Crippen LogP contribution in [-0.2, 0) is 0 Å². The van der Waals surface area contributed by atoms with Gasteiger partial charge in [-0.1, -0.05) is 15.9 Å². The summed E-state index contributed by atoms with van der Waals surface area (Å²) in [5.41, 5.74) is 14.4. The van der Waals surface area contributed by atoms with E-state index in [4.69, 9.17) is 11.5 Å². The van der Waals surface area contributed by atoms with Gasteiger partial charge in [0.05, 0.1) is 16.8 Å². The molecule has 0 radical (unpaired) electrons. The van der Waals surface area contributed by atoms with Crippen molar-refractivity contribution in [3.05, 3.63) is 45.9 Å². The summed E-state index contributed by atoms with van der Waals surface area (Å²) in [6.07, 6.45) is 2.81. The van der Waals surface area contributed by atoms with E-state index in [1.165, 1.54) is 17.0 Å². The van der Waals surface area contributed by atoms with Gasteiger partial charge in [-0.2, -0.15) is 0 Å². The fraction of sp³-hybridized carbons (Fsp3) is 0.263. The van der Waals surface area contributed by atoms with Crippen LogP contribution in [0.1, 0.15) is 16.1 Å². The minimum Gasteiger partial charge on any atom is -0.397 e. The molecule has 1 amide bonds. The number of hydrogen-bond donors (Lipinski definition) is 2. The molecule has 0 atom stereocenters. The summed E-state index contributed by atoms with van der Waals surface area (Å²) < 4.78 is 1.08. The summed E-state index contributed by atoms with van der Waals surface area (Å²) in [5.74, 6) is -0.501. The maximum Gasteiger partial charge on any atom is 0.260 e. The Morgan fingerprint density at radius 1 is 1.07 bits per heavy atom. The Kier molecular flexibility index (Phi) is 4.92. The monoisotopic (exact) mass is 445 g/mol. The number of pyridine rings is 1. The molecule has 1 saturated heterocycles. The van der Waals surface area contributed by atoms with Crippen molar-refractivity contribution in [1.29, 1.82) is 0 Å². The zero-order chi connectivity index (χ0) is 19.0. The van der Waals surface area contributed by atoms with Crippen LogP contribution in [-0.4, -0.2) is 37.1 Å². The number of nitrogens with zero attached hydrogens (tertiary/aromatic N) is 3. The first-order valence-corrected chi connectivity index (χ1v) is 10.4. The molecule has 0 saturated carbocycles. The highest BCUT2D eigenvalue weighted by molar-refractivity contribution is 9.10. The number of hydrogen-bond acceptors (Lipinski definition) is 6. The van der Waals surface area contributed by atoms with Crippen LogP contribution in [0.5, 0.6) is 0 Å². The number of anilines is 3. The van der Waals surface area contributed by atoms with E-state index >= 15 is 0 Å². The second-order valence-corrected chi connectivity index (χ2v) is 8.44. The highest BCUT2D eigenvalue weighted by Gasteiger charge is 2.22. The van der Waals surface area contributed by atoms with E-state index < -0.39 is 5.91 Å². The third-order valence-electron chi connectivity index (χ3n) is 4.86. The van der Waals surface area contributed by atoms with Gasteiger partial charge in [0, 0.05) is 42.5 Å². The second kappa shape index (κ2) is 7.36. The molecule has 8 heteroatoms. The zero-order valence-corrected chi connectivity index (χ0v) is 17.1. The van der Waals surface area contributed by atoms with Gasteiger partial charge >= 0.3 is 0 Å². The quantitative estimate of drug-likeness (QED) is 0.644. The van der Waals surface area contributed by atoms with Gasteiger partial charge in [-0.25, -0.2) is 4.98 Å². The first-order chi connectivity index (χ1) is 13.0. The average Bonchev–Trinajstić information content (AvgIpc) is 2.85. The normalized spacial score (nSPS) is 15.1. The van der Waals surface area contributed by atoms with Crippen molar-refractivity contribution in [2.45, 2.75) is 6.42 Å². The molecule has 0 bridgehead atoms. The third-order valence-corrected chi connectivity index (χ3v) is 6.52. The number of carbonyl (C=O) groups excluding carboxylic acids is 1. The first kappa shape index (κ1) is 18.1. The highest BCUT2D eigenvalue weighted by atomic mass is 79.9. The van der Waals surface area contributed by atoms with Crippen molar-refractivity contribution in [2.75, 3.05) is 41.7 Å². The number of primary amides is 1. The standard InChI is InChI=1S/C19H20BrN5OS/c20-12-2-4-13(5-3-12)24-8-1-9-25(11-10-24)14-6-7-23-19-15(14)16(21)17(27-19)18(22)26/h2-7H,1,8-11,21H2,(H2,22,26). The number of halogens is 1. The number of nitrogen functional groups attached to an aromatic ring is 1. The number of fused-ring (bicyclic) bond motifs is 1. The summed E-state index contributed by atoms with van der Waals surface area (Å²) in [4.78, 5) is 21.9. The topological polar surface area (TPSA) is 88.5 Å². The molecule has 2 aromatic heterocycles. The Labute approximate surface area is 169 Å². The summed E-state index contributed by atoms with van der Waals surface area (Å²) in [6, 6.07) is 10.4. The SMILES string of the molecule is NC(=O)c1sc2nccc(N3CCCN(c4ccc(Br)cc4)CC3)c2c1N. The molecule has 0 spiro atoms. The van der Waals surface area contributed by atoms with E-state index in [-0.39, 0.29) is 0 Å². The Morgan fingerprint density at radius 3 is 2.52 bits per heavy atom. The van der Waals surface area contributed by atoms with Gasteiger partial charge in [-0.3, -0.25) is 4.79 Å². The molecule has 4 N–H and O–H groups in total. The molecule has 1 fully saturated rings. The smallest absolute Gasteiger partial charge is 0.260 e. The maximum atomic E-state index is 11.7. The minimum atomic E-state index is -0.501. The summed E-state index contributed by atoms with van der Waals surface area (Å²) in [7, 11) is 0. The first-order valence-electron chi connectivity index (χ1n) is 8.77. The van der Waals surface area contributed by atoms with Crippen LogP contribution in [0.2, 0.25) is 0 Å². The molecule has 1 aliphatic rings. The van der Waals surface area contributed by atoms with Crippen LogP contribution in [0, 0.1) is 0 Å². The summed E-state index contributed by atoms with van der Waals surface area (Å²) in [5, 5.41) is 0.841. The van der Waals surface area contributed by atoms with Crippen LogP contribution in [0.15, 0.2) is 41.0 Å². The van der Waals surface area contributed by atoms with Crippen LogP contribution in [0.4, 0.5) is 17.1 Å². The molecule has 27 heavy (non-hydrogen) atoms. The van der Waals surface area contributed by atoms with E-state index in [9.17, 15) is 4.79 Å². The predicted octanol–water partition coefficient (Wildman–Crippen LogP) is 3.46. The molecule has 1 aromatic carbocycles. The minimum absolute atomic E-state index is 0.385. The van der Waals surface area contributed by atoms with Crippen molar-refractivity contribution >= 4 is 60.5 Å². The van der Waals surface area contributed by atoms with E-state index in [2.05, 4.69) is 55.0 Å². The lowest BCUT2D eigenvalue weighted by Crippen LogP contribution is -2.30. The number of benzene rings is 1.